The van der Waals surface area contributed by atoms with Crippen molar-refractivity contribution >= 4 is 40.1 Å². The molecule has 0 radical (unpaired) electrons. The fourth-order valence-electron chi connectivity index (χ4n) is 2.56. The molecule has 0 aliphatic carbocycles. The zero-order chi connectivity index (χ0) is 21.2. The maximum absolute atomic E-state index is 12.1. The molecule has 29 heavy (non-hydrogen) atoms. The van der Waals surface area contributed by atoms with E-state index in [4.69, 9.17) is 9.47 Å². The Morgan fingerprint density at radius 2 is 1.83 bits per heavy atom. The second-order valence-electron chi connectivity index (χ2n) is 6.26. The Morgan fingerprint density at radius 1 is 1.07 bits per heavy atom. The molecule has 0 unspecified atom stereocenters. The highest BCUT2D eigenvalue weighted by atomic mass is 127. The molecule has 8 heteroatoms. The molecule has 7 nitrogen and oxygen atoms in total. The van der Waals surface area contributed by atoms with E-state index in [1.807, 2.05) is 24.3 Å². The Morgan fingerprint density at radius 3 is 2.52 bits per heavy atom. The van der Waals surface area contributed by atoms with Gasteiger partial charge in [-0.2, -0.15) is 5.10 Å². The van der Waals surface area contributed by atoms with Crippen LogP contribution in [0.3, 0.4) is 0 Å². The quantitative estimate of drug-likeness (QED) is 0.309. The highest BCUT2D eigenvalue weighted by Crippen LogP contribution is 2.27. The van der Waals surface area contributed by atoms with E-state index >= 15 is 0 Å². The minimum Gasteiger partial charge on any atom is -0.493 e. The number of rotatable bonds is 9. The van der Waals surface area contributed by atoms with Gasteiger partial charge in [-0.15, -0.1) is 0 Å². The lowest BCUT2D eigenvalue weighted by molar-refractivity contribution is -0.119. The smallest absolute Gasteiger partial charge is 0.271 e. The predicted molar refractivity (Wildman–Crippen MR) is 121 cm³/mol. The van der Waals surface area contributed by atoms with Crippen LogP contribution in [0.1, 0.15) is 29.3 Å². The number of hydrogen-bond acceptors (Lipinski definition) is 5. The van der Waals surface area contributed by atoms with Crippen molar-refractivity contribution in [3.05, 3.63) is 57.2 Å². The van der Waals surface area contributed by atoms with Crippen LogP contribution in [0.15, 0.2) is 47.6 Å². The van der Waals surface area contributed by atoms with Gasteiger partial charge in [0.25, 0.3) is 5.91 Å². The van der Waals surface area contributed by atoms with Gasteiger partial charge in [0.05, 0.1) is 20.6 Å². The van der Waals surface area contributed by atoms with Crippen molar-refractivity contribution in [3.63, 3.8) is 0 Å². The van der Waals surface area contributed by atoms with Crippen LogP contribution in [-0.2, 0) is 11.2 Å². The number of carbonyl (C=O) groups excluding carboxylic acids is 2. The van der Waals surface area contributed by atoms with Gasteiger partial charge in [-0.25, -0.2) is 5.43 Å². The second-order valence-corrected chi connectivity index (χ2v) is 7.51. The molecule has 2 aromatic carbocycles. The lowest BCUT2D eigenvalue weighted by Gasteiger charge is -2.10. The lowest BCUT2D eigenvalue weighted by atomic mass is 10.1. The Labute approximate surface area is 184 Å². The molecule has 2 N–H and O–H groups in total. The molecule has 0 bridgehead atoms. The van der Waals surface area contributed by atoms with Crippen molar-refractivity contribution in [1.82, 2.24) is 10.7 Å². The van der Waals surface area contributed by atoms with Gasteiger partial charge >= 0.3 is 0 Å². The summed E-state index contributed by atoms with van der Waals surface area (Å²) in [5, 5.41) is 6.85. The number of carbonyl (C=O) groups is 2. The SMILES string of the molecule is COc1ccc(CCNC(=O)C/C(C)=N\NC(=O)c2cccc(I)c2)cc1OC. The summed E-state index contributed by atoms with van der Waals surface area (Å²) in [6, 6.07) is 12.8. The van der Waals surface area contributed by atoms with E-state index in [9.17, 15) is 9.59 Å². The highest BCUT2D eigenvalue weighted by Gasteiger charge is 2.08. The van der Waals surface area contributed by atoms with Gasteiger partial charge in [-0.05, 0) is 71.8 Å². The molecule has 0 aromatic heterocycles. The van der Waals surface area contributed by atoms with E-state index < -0.39 is 0 Å². The average molecular weight is 509 g/mol. The van der Waals surface area contributed by atoms with Crippen LogP contribution >= 0.6 is 22.6 Å². The van der Waals surface area contributed by atoms with Crippen LogP contribution < -0.4 is 20.2 Å². The maximum Gasteiger partial charge on any atom is 0.271 e. The average Bonchev–Trinajstić information content (AvgIpc) is 2.71. The number of benzene rings is 2. The molecule has 0 saturated carbocycles. The fourth-order valence-corrected chi connectivity index (χ4v) is 3.10. The summed E-state index contributed by atoms with van der Waals surface area (Å²) in [7, 11) is 3.17. The second kappa shape index (κ2) is 11.4. The Balaban J connectivity index is 1.78. The number of hydrogen-bond donors (Lipinski definition) is 2. The van der Waals surface area contributed by atoms with Crippen molar-refractivity contribution < 1.29 is 19.1 Å². The lowest BCUT2D eigenvalue weighted by Crippen LogP contribution is -2.28. The zero-order valence-corrected chi connectivity index (χ0v) is 18.8. The molecule has 0 spiro atoms. The summed E-state index contributed by atoms with van der Waals surface area (Å²) in [6.07, 6.45) is 0.768. The van der Waals surface area contributed by atoms with E-state index in [0.717, 1.165) is 9.13 Å². The van der Waals surface area contributed by atoms with Gasteiger partial charge in [-0.1, -0.05) is 12.1 Å². The third kappa shape index (κ3) is 7.37. The Hall–Kier alpha value is -2.62. The van der Waals surface area contributed by atoms with Crippen LogP contribution in [0.4, 0.5) is 0 Å². The molecule has 2 rings (SSSR count). The van der Waals surface area contributed by atoms with E-state index in [2.05, 4.69) is 38.4 Å². The monoisotopic (exact) mass is 509 g/mol. The minimum absolute atomic E-state index is 0.110. The third-order valence-electron chi connectivity index (χ3n) is 4.04. The van der Waals surface area contributed by atoms with Crippen LogP contribution in [0.2, 0.25) is 0 Å². The zero-order valence-electron chi connectivity index (χ0n) is 16.6. The normalized spacial score (nSPS) is 11.0. The molecule has 0 heterocycles. The largest absolute Gasteiger partial charge is 0.493 e. The summed E-state index contributed by atoms with van der Waals surface area (Å²) in [6.45, 7) is 2.18. The van der Waals surface area contributed by atoms with Gasteiger partial charge in [-0.3, -0.25) is 9.59 Å². The first-order valence-electron chi connectivity index (χ1n) is 8.99. The van der Waals surface area contributed by atoms with Gasteiger partial charge in [0.2, 0.25) is 5.91 Å². The number of ether oxygens (including phenoxy) is 2. The number of nitrogens with zero attached hydrogens (tertiary/aromatic N) is 1. The first kappa shape index (κ1) is 22.7. The predicted octanol–water partition coefficient (Wildman–Crippen LogP) is 3.16. The van der Waals surface area contributed by atoms with Crippen LogP contribution in [0, 0.1) is 3.57 Å². The van der Waals surface area contributed by atoms with Crippen LogP contribution in [0.25, 0.3) is 0 Å². The standard InChI is InChI=1S/C21H24IN3O4/c1-14(24-25-21(27)16-5-4-6-17(22)13-16)11-20(26)23-10-9-15-7-8-18(28-2)19(12-15)29-3/h4-8,12-13H,9-11H2,1-3H3,(H,23,26)(H,25,27)/b24-14-. The molecule has 0 saturated heterocycles. The molecule has 0 fully saturated rings. The van der Waals surface area contributed by atoms with Crippen molar-refractivity contribution in [2.75, 3.05) is 20.8 Å². The topological polar surface area (TPSA) is 89.0 Å². The van der Waals surface area contributed by atoms with Crippen LogP contribution in [-0.4, -0.2) is 38.3 Å². The summed E-state index contributed by atoms with van der Waals surface area (Å²) in [5.74, 6) is 0.856. The molecular weight excluding hydrogens is 485 g/mol. The van der Waals surface area contributed by atoms with Crippen LogP contribution in [0.5, 0.6) is 11.5 Å². The summed E-state index contributed by atoms with van der Waals surface area (Å²) in [5.41, 5.74) is 4.54. The van der Waals surface area contributed by atoms with Crippen molar-refractivity contribution in [3.8, 4) is 11.5 Å². The van der Waals surface area contributed by atoms with Gasteiger partial charge in [0.15, 0.2) is 11.5 Å². The summed E-state index contributed by atoms with van der Waals surface area (Å²) < 4.78 is 11.5. The van der Waals surface area contributed by atoms with E-state index in [1.165, 1.54) is 0 Å². The Bertz CT molecular complexity index is 899. The Kier molecular flexibility index (Phi) is 8.91. The van der Waals surface area contributed by atoms with Crippen molar-refractivity contribution in [1.29, 1.82) is 0 Å². The van der Waals surface area contributed by atoms with Crippen molar-refractivity contribution in [2.24, 2.45) is 5.10 Å². The minimum atomic E-state index is -0.309. The molecule has 0 aliphatic heterocycles. The van der Waals surface area contributed by atoms with Gasteiger partial charge < -0.3 is 14.8 Å². The highest BCUT2D eigenvalue weighted by molar-refractivity contribution is 14.1. The number of nitrogens with one attached hydrogen (secondary N) is 2. The number of methoxy groups -OCH3 is 2. The molecule has 0 aliphatic rings. The maximum atomic E-state index is 12.1. The van der Waals surface area contributed by atoms with E-state index in [0.29, 0.717) is 35.7 Å². The molecule has 2 aromatic rings. The first-order chi connectivity index (χ1) is 13.9. The summed E-state index contributed by atoms with van der Waals surface area (Å²) in [4.78, 5) is 24.1. The van der Waals surface area contributed by atoms with Crippen molar-refractivity contribution in [2.45, 2.75) is 19.8 Å². The molecule has 2 amide bonds. The number of hydrazone groups is 1. The van der Waals surface area contributed by atoms with E-state index in [-0.39, 0.29) is 18.2 Å². The molecular formula is C21H24IN3O4. The molecule has 154 valence electrons. The molecule has 0 atom stereocenters. The fraction of sp³-hybridized carbons (Fsp3) is 0.286. The first-order valence-corrected chi connectivity index (χ1v) is 10.1. The van der Waals surface area contributed by atoms with E-state index in [1.54, 1.807) is 39.3 Å². The van der Waals surface area contributed by atoms with Gasteiger partial charge in [0, 0.05) is 21.4 Å². The number of amides is 2. The third-order valence-corrected chi connectivity index (χ3v) is 4.71. The number of halogens is 1. The van der Waals surface area contributed by atoms with Gasteiger partial charge in [0.1, 0.15) is 0 Å². The summed E-state index contributed by atoms with van der Waals surface area (Å²) >= 11 is 2.14.